The third-order valence-corrected chi connectivity index (χ3v) is 4.16. The highest BCUT2D eigenvalue weighted by Gasteiger charge is 2.07. The maximum Gasteiger partial charge on any atom is 0.224 e. The molecule has 122 valence electrons. The molecule has 0 saturated heterocycles. The van der Waals surface area contributed by atoms with Gasteiger partial charge in [0.1, 0.15) is 5.75 Å². The summed E-state index contributed by atoms with van der Waals surface area (Å²) in [5.74, 6) is 0.806. The quantitative estimate of drug-likeness (QED) is 0.653. The first-order valence-corrected chi connectivity index (χ1v) is 8.58. The molecular formula is C18H19BrClNO2. The fourth-order valence-electron chi connectivity index (χ4n) is 2.08. The number of carbonyl (C=O) groups excluding carboxylic acids is 1. The minimum absolute atomic E-state index is 0.0706. The minimum Gasteiger partial charge on any atom is -0.493 e. The highest BCUT2D eigenvalue weighted by molar-refractivity contribution is 9.10. The normalized spacial score (nSPS) is 10.4. The molecule has 2 aromatic carbocycles. The van der Waals surface area contributed by atoms with Crippen LogP contribution >= 0.6 is 27.5 Å². The molecule has 0 fully saturated rings. The van der Waals surface area contributed by atoms with Crippen LogP contribution in [-0.2, 0) is 4.79 Å². The molecular weight excluding hydrogens is 378 g/mol. The van der Waals surface area contributed by atoms with Crippen LogP contribution in [0.1, 0.15) is 24.0 Å². The number of amides is 1. The Hall–Kier alpha value is -1.52. The maximum absolute atomic E-state index is 11.9. The molecule has 0 bridgehead atoms. The number of anilines is 1. The van der Waals surface area contributed by atoms with Crippen LogP contribution in [0.3, 0.4) is 0 Å². The summed E-state index contributed by atoms with van der Waals surface area (Å²) in [6, 6.07) is 11.5. The topological polar surface area (TPSA) is 38.3 Å². The summed E-state index contributed by atoms with van der Waals surface area (Å²) in [6.07, 6.45) is 1.03. The number of carbonyl (C=O) groups is 1. The van der Waals surface area contributed by atoms with Crippen molar-refractivity contribution in [3.63, 3.8) is 0 Å². The van der Waals surface area contributed by atoms with Crippen LogP contribution < -0.4 is 10.1 Å². The lowest BCUT2D eigenvalue weighted by atomic mass is 10.1. The first kappa shape index (κ1) is 17.8. The smallest absolute Gasteiger partial charge is 0.224 e. The average Bonchev–Trinajstić information content (AvgIpc) is 2.50. The van der Waals surface area contributed by atoms with Crippen LogP contribution in [0.15, 0.2) is 40.9 Å². The van der Waals surface area contributed by atoms with Gasteiger partial charge >= 0.3 is 0 Å². The average molecular weight is 397 g/mol. The summed E-state index contributed by atoms with van der Waals surface area (Å²) in [5, 5.41) is 3.32. The molecule has 2 aromatic rings. The predicted molar refractivity (Wildman–Crippen MR) is 98.4 cm³/mol. The SMILES string of the molecule is Cc1ccc(C)c(OCCCC(=O)Nc2ccc(Br)cc2Cl)c1. The van der Waals surface area contributed by atoms with Gasteiger partial charge in [-0.3, -0.25) is 4.79 Å². The largest absolute Gasteiger partial charge is 0.493 e. The minimum atomic E-state index is -0.0706. The summed E-state index contributed by atoms with van der Waals surface area (Å²) >= 11 is 9.41. The number of rotatable bonds is 6. The zero-order valence-electron chi connectivity index (χ0n) is 13.2. The highest BCUT2D eigenvalue weighted by Crippen LogP contribution is 2.25. The summed E-state index contributed by atoms with van der Waals surface area (Å²) in [6.45, 7) is 4.55. The van der Waals surface area contributed by atoms with Crippen molar-refractivity contribution in [3.8, 4) is 5.75 Å². The molecule has 0 saturated carbocycles. The molecule has 1 N–H and O–H groups in total. The van der Waals surface area contributed by atoms with Gasteiger partial charge in [-0.25, -0.2) is 0 Å². The van der Waals surface area contributed by atoms with E-state index in [1.54, 1.807) is 12.1 Å². The van der Waals surface area contributed by atoms with Crippen LogP contribution in [0.25, 0.3) is 0 Å². The Morgan fingerprint density at radius 1 is 1.22 bits per heavy atom. The molecule has 5 heteroatoms. The fourth-order valence-corrected chi connectivity index (χ4v) is 2.80. The second kappa shape index (κ2) is 8.37. The van der Waals surface area contributed by atoms with Crippen molar-refractivity contribution in [3.05, 3.63) is 57.0 Å². The fraction of sp³-hybridized carbons (Fsp3) is 0.278. The van der Waals surface area contributed by atoms with Crippen molar-refractivity contribution in [1.82, 2.24) is 0 Å². The molecule has 0 atom stereocenters. The lowest BCUT2D eigenvalue weighted by Gasteiger charge is -2.10. The standard InChI is InChI=1S/C18H19BrClNO2/c1-12-5-6-13(2)17(10-12)23-9-3-4-18(22)21-16-8-7-14(19)11-15(16)20/h5-8,10-11H,3-4,9H2,1-2H3,(H,21,22). The summed E-state index contributed by atoms with van der Waals surface area (Å²) in [7, 11) is 0. The monoisotopic (exact) mass is 395 g/mol. The van der Waals surface area contributed by atoms with Gasteiger partial charge < -0.3 is 10.1 Å². The van der Waals surface area contributed by atoms with Crippen molar-refractivity contribution in [2.24, 2.45) is 0 Å². The first-order chi connectivity index (χ1) is 11.0. The van der Waals surface area contributed by atoms with Crippen LogP contribution in [0, 0.1) is 13.8 Å². The summed E-state index contributed by atoms with van der Waals surface area (Å²) in [4.78, 5) is 11.9. The van der Waals surface area contributed by atoms with Gasteiger partial charge in [0, 0.05) is 10.9 Å². The molecule has 0 aliphatic carbocycles. The van der Waals surface area contributed by atoms with E-state index < -0.39 is 0 Å². The molecule has 0 radical (unpaired) electrons. The number of halogens is 2. The number of aryl methyl sites for hydroxylation is 2. The van der Waals surface area contributed by atoms with Gasteiger partial charge in [0.05, 0.1) is 17.3 Å². The van der Waals surface area contributed by atoms with Gasteiger partial charge in [0.2, 0.25) is 5.91 Å². The molecule has 0 spiro atoms. The van der Waals surface area contributed by atoms with E-state index in [0.29, 0.717) is 30.2 Å². The van der Waals surface area contributed by atoms with E-state index in [0.717, 1.165) is 21.3 Å². The van der Waals surface area contributed by atoms with Crippen molar-refractivity contribution in [2.75, 3.05) is 11.9 Å². The van der Waals surface area contributed by atoms with Crippen LogP contribution in [0.4, 0.5) is 5.69 Å². The molecule has 3 nitrogen and oxygen atoms in total. The van der Waals surface area contributed by atoms with E-state index >= 15 is 0 Å². The van der Waals surface area contributed by atoms with E-state index in [1.165, 1.54) is 0 Å². The van der Waals surface area contributed by atoms with Gasteiger partial charge in [-0.15, -0.1) is 0 Å². The number of hydrogen-bond donors (Lipinski definition) is 1. The molecule has 0 unspecified atom stereocenters. The lowest BCUT2D eigenvalue weighted by Crippen LogP contribution is -2.13. The lowest BCUT2D eigenvalue weighted by molar-refractivity contribution is -0.116. The first-order valence-electron chi connectivity index (χ1n) is 7.40. The van der Waals surface area contributed by atoms with E-state index in [4.69, 9.17) is 16.3 Å². The van der Waals surface area contributed by atoms with E-state index in [2.05, 4.69) is 27.3 Å². The second-order valence-electron chi connectivity index (χ2n) is 5.39. The Labute approximate surface area is 150 Å². The van der Waals surface area contributed by atoms with Gasteiger partial charge in [-0.1, -0.05) is 39.7 Å². The Balaban J connectivity index is 1.77. The van der Waals surface area contributed by atoms with Crippen molar-refractivity contribution in [2.45, 2.75) is 26.7 Å². The summed E-state index contributed by atoms with van der Waals surface area (Å²) in [5.41, 5.74) is 2.88. The molecule has 0 heterocycles. The highest BCUT2D eigenvalue weighted by atomic mass is 79.9. The Bertz CT molecular complexity index is 703. The predicted octanol–water partition coefficient (Wildman–Crippen LogP) is 5.52. The van der Waals surface area contributed by atoms with E-state index in [-0.39, 0.29) is 5.91 Å². The van der Waals surface area contributed by atoms with Crippen molar-refractivity contribution in [1.29, 1.82) is 0 Å². The van der Waals surface area contributed by atoms with Gasteiger partial charge in [0.15, 0.2) is 0 Å². The molecule has 2 rings (SSSR count). The van der Waals surface area contributed by atoms with E-state index in [9.17, 15) is 4.79 Å². The van der Waals surface area contributed by atoms with Crippen LogP contribution in [0.5, 0.6) is 5.75 Å². The summed E-state index contributed by atoms with van der Waals surface area (Å²) < 4.78 is 6.62. The maximum atomic E-state index is 11.9. The van der Waals surface area contributed by atoms with Crippen LogP contribution in [-0.4, -0.2) is 12.5 Å². The number of benzene rings is 2. The van der Waals surface area contributed by atoms with Crippen molar-refractivity contribution < 1.29 is 9.53 Å². The van der Waals surface area contributed by atoms with Crippen LogP contribution in [0.2, 0.25) is 5.02 Å². The molecule has 0 aliphatic rings. The molecule has 0 aliphatic heterocycles. The Morgan fingerprint density at radius 3 is 2.74 bits per heavy atom. The Morgan fingerprint density at radius 2 is 2.00 bits per heavy atom. The zero-order valence-corrected chi connectivity index (χ0v) is 15.5. The van der Waals surface area contributed by atoms with Gasteiger partial charge in [-0.2, -0.15) is 0 Å². The van der Waals surface area contributed by atoms with E-state index in [1.807, 2.05) is 32.0 Å². The van der Waals surface area contributed by atoms with Gasteiger partial charge in [0.25, 0.3) is 0 Å². The van der Waals surface area contributed by atoms with Gasteiger partial charge in [-0.05, 0) is 55.7 Å². The van der Waals surface area contributed by atoms with Crippen molar-refractivity contribution >= 4 is 39.1 Å². The Kier molecular flexibility index (Phi) is 6.48. The molecule has 0 aromatic heterocycles. The molecule has 1 amide bonds. The third-order valence-electron chi connectivity index (χ3n) is 3.35. The number of hydrogen-bond acceptors (Lipinski definition) is 2. The second-order valence-corrected chi connectivity index (χ2v) is 6.72. The zero-order chi connectivity index (χ0) is 16.8. The third kappa shape index (κ3) is 5.56. The number of ether oxygens (including phenoxy) is 1. The number of nitrogens with one attached hydrogen (secondary N) is 1. The molecule has 23 heavy (non-hydrogen) atoms.